The van der Waals surface area contributed by atoms with Crippen molar-refractivity contribution >= 4 is 40.2 Å². The van der Waals surface area contributed by atoms with Gasteiger partial charge in [-0.25, -0.2) is 4.79 Å². The van der Waals surface area contributed by atoms with Crippen molar-refractivity contribution in [1.82, 2.24) is 0 Å². The van der Waals surface area contributed by atoms with Crippen LogP contribution in [0.25, 0.3) is 17.4 Å². The van der Waals surface area contributed by atoms with E-state index in [1.165, 1.54) is 17.4 Å². The highest BCUT2D eigenvalue weighted by molar-refractivity contribution is 7.17. The average molecular weight is 490 g/mol. The van der Waals surface area contributed by atoms with Gasteiger partial charge >= 0.3 is 5.97 Å². The number of aryl methyl sites for hydroxylation is 1. The van der Waals surface area contributed by atoms with E-state index in [2.05, 4.69) is 5.32 Å². The molecule has 1 aliphatic carbocycles. The molecule has 4 rings (SSSR count). The van der Waals surface area contributed by atoms with E-state index in [0.29, 0.717) is 34.3 Å². The fraction of sp³-hybridized carbons (Fsp3) is 0.231. The third-order valence-corrected chi connectivity index (χ3v) is 6.81. The highest BCUT2D eigenvalue weighted by Crippen LogP contribution is 2.38. The molecule has 0 bridgehead atoms. The molecule has 0 fully saturated rings. The Balaban J connectivity index is 1.53. The number of rotatable bonds is 7. The average Bonchev–Trinajstić information content (AvgIpc) is 3.47. The molecular formula is C26H23N3O5S. The van der Waals surface area contributed by atoms with Gasteiger partial charge in [0, 0.05) is 16.5 Å². The number of amides is 2. The highest BCUT2D eigenvalue weighted by Gasteiger charge is 2.25. The van der Waals surface area contributed by atoms with E-state index >= 15 is 0 Å². The summed E-state index contributed by atoms with van der Waals surface area (Å²) in [6, 6.07) is 11.9. The number of benzene rings is 1. The van der Waals surface area contributed by atoms with Gasteiger partial charge in [-0.05, 0) is 62.4 Å². The van der Waals surface area contributed by atoms with Gasteiger partial charge in [0.1, 0.15) is 28.2 Å². The van der Waals surface area contributed by atoms with Crippen LogP contribution in [0.1, 0.15) is 56.7 Å². The van der Waals surface area contributed by atoms with Crippen LogP contribution in [0.2, 0.25) is 0 Å². The Kier molecular flexibility index (Phi) is 7.13. The van der Waals surface area contributed by atoms with Gasteiger partial charge in [0.25, 0.3) is 11.8 Å². The number of hydrogen-bond donors (Lipinski definition) is 2. The van der Waals surface area contributed by atoms with Crippen molar-refractivity contribution in [1.29, 1.82) is 5.26 Å². The van der Waals surface area contributed by atoms with Gasteiger partial charge in [-0.3, -0.25) is 9.59 Å². The fourth-order valence-corrected chi connectivity index (χ4v) is 5.24. The van der Waals surface area contributed by atoms with Crippen LogP contribution < -0.4 is 11.1 Å². The van der Waals surface area contributed by atoms with Crippen LogP contribution in [0.4, 0.5) is 5.00 Å². The van der Waals surface area contributed by atoms with Gasteiger partial charge in [-0.2, -0.15) is 5.26 Å². The van der Waals surface area contributed by atoms with E-state index in [9.17, 15) is 19.6 Å². The van der Waals surface area contributed by atoms with Crippen molar-refractivity contribution in [3.63, 3.8) is 0 Å². The van der Waals surface area contributed by atoms with Crippen molar-refractivity contribution in [3.05, 3.63) is 69.3 Å². The van der Waals surface area contributed by atoms with Gasteiger partial charge in [-0.1, -0.05) is 12.1 Å². The summed E-state index contributed by atoms with van der Waals surface area (Å²) in [5.41, 5.74) is 7.79. The van der Waals surface area contributed by atoms with Crippen molar-refractivity contribution in [2.24, 2.45) is 5.73 Å². The summed E-state index contributed by atoms with van der Waals surface area (Å²) in [4.78, 5) is 37.7. The topological polar surface area (TPSA) is 135 Å². The molecule has 1 aromatic carbocycles. The van der Waals surface area contributed by atoms with Crippen LogP contribution in [0.5, 0.6) is 0 Å². The van der Waals surface area contributed by atoms with E-state index in [0.717, 1.165) is 41.7 Å². The highest BCUT2D eigenvalue weighted by atomic mass is 32.1. The van der Waals surface area contributed by atoms with Crippen molar-refractivity contribution in [3.8, 4) is 17.4 Å². The summed E-state index contributed by atoms with van der Waals surface area (Å²) < 4.78 is 10.8. The predicted octanol–water partition coefficient (Wildman–Crippen LogP) is 4.71. The number of thiophene rings is 1. The van der Waals surface area contributed by atoms with E-state index in [1.807, 2.05) is 6.07 Å². The molecule has 8 nitrogen and oxygen atoms in total. The number of furan rings is 1. The van der Waals surface area contributed by atoms with Gasteiger partial charge in [0.2, 0.25) is 0 Å². The van der Waals surface area contributed by atoms with E-state index in [1.54, 1.807) is 43.3 Å². The first-order chi connectivity index (χ1) is 16.9. The second kappa shape index (κ2) is 10.4. The third kappa shape index (κ3) is 5.18. The molecule has 0 spiro atoms. The molecule has 3 aromatic rings. The number of nitrogens with two attached hydrogens (primary N) is 1. The summed E-state index contributed by atoms with van der Waals surface area (Å²) >= 11 is 1.33. The van der Waals surface area contributed by atoms with Crippen LogP contribution in [0.15, 0.2) is 46.4 Å². The maximum absolute atomic E-state index is 12.8. The second-order valence-corrected chi connectivity index (χ2v) is 9.01. The standard InChI is InChI=1S/C26H23N3O5S/c1-2-33-26(32)16-9-7-15(8-10-16)20-12-11-18(34-20)13-17(14-27)24(31)29-25-22(23(28)30)19-5-3-4-6-21(19)35-25/h7-13H,2-6H2,1H3,(H2,28,30)(H,29,31)/b17-13+. The van der Waals surface area contributed by atoms with E-state index in [4.69, 9.17) is 14.9 Å². The van der Waals surface area contributed by atoms with Crippen molar-refractivity contribution in [2.75, 3.05) is 11.9 Å². The molecule has 2 aromatic heterocycles. The lowest BCUT2D eigenvalue weighted by molar-refractivity contribution is -0.112. The molecule has 0 saturated carbocycles. The van der Waals surface area contributed by atoms with Gasteiger partial charge in [0.15, 0.2) is 0 Å². The zero-order chi connectivity index (χ0) is 24.9. The van der Waals surface area contributed by atoms with Crippen LogP contribution in [-0.4, -0.2) is 24.4 Å². The molecule has 178 valence electrons. The third-order valence-electron chi connectivity index (χ3n) is 5.60. The Morgan fingerprint density at radius 1 is 1.17 bits per heavy atom. The zero-order valence-corrected chi connectivity index (χ0v) is 19.9. The molecule has 9 heteroatoms. The Labute approximate surface area is 206 Å². The fourth-order valence-electron chi connectivity index (χ4n) is 3.95. The first kappa shape index (κ1) is 24.0. The number of ether oxygens (including phenoxy) is 1. The predicted molar refractivity (Wildman–Crippen MR) is 132 cm³/mol. The summed E-state index contributed by atoms with van der Waals surface area (Å²) in [6.07, 6.45) is 4.91. The largest absolute Gasteiger partial charge is 0.462 e. The molecule has 1 aliphatic rings. The molecular weight excluding hydrogens is 466 g/mol. The maximum Gasteiger partial charge on any atom is 0.338 e. The lowest BCUT2D eigenvalue weighted by Gasteiger charge is -2.11. The number of hydrogen-bond acceptors (Lipinski definition) is 7. The lowest BCUT2D eigenvalue weighted by atomic mass is 9.95. The monoisotopic (exact) mass is 489 g/mol. The zero-order valence-electron chi connectivity index (χ0n) is 19.1. The number of carbonyl (C=O) groups excluding carboxylic acids is 3. The Hall–Kier alpha value is -4.16. The molecule has 0 unspecified atom stereocenters. The van der Waals surface area contributed by atoms with Crippen molar-refractivity contribution < 1.29 is 23.5 Å². The van der Waals surface area contributed by atoms with Crippen LogP contribution in [0.3, 0.4) is 0 Å². The minimum Gasteiger partial charge on any atom is -0.462 e. The molecule has 0 radical (unpaired) electrons. The Morgan fingerprint density at radius 3 is 2.60 bits per heavy atom. The molecule has 2 amide bonds. The molecule has 0 atom stereocenters. The molecule has 2 heterocycles. The number of fused-ring (bicyclic) bond motifs is 1. The molecule has 35 heavy (non-hydrogen) atoms. The minimum atomic E-state index is -0.648. The smallest absolute Gasteiger partial charge is 0.338 e. The van der Waals surface area contributed by atoms with Crippen LogP contribution >= 0.6 is 11.3 Å². The number of nitrogens with zero attached hydrogens (tertiary/aromatic N) is 1. The van der Waals surface area contributed by atoms with E-state index < -0.39 is 17.8 Å². The molecule has 0 saturated heterocycles. The van der Waals surface area contributed by atoms with E-state index in [-0.39, 0.29) is 5.57 Å². The quantitative estimate of drug-likeness (QED) is 0.280. The maximum atomic E-state index is 12.8. The number of primary amides is 1. The number of carbonyl (C=O) groups is 3. The van der Waals surface area contributed by atoms with Gasteiger partial charge < -0.3 is 20.2 Å². The van der Waals surface area contributed by atoms with Gasteiger partial charge in [0.05, 0.1) is 17.7 Å². The summed E-state index contributed by atoms with van der Waals surface area (Å²) in [5.74, 6) is -0.830. The number of nitriles is 1. The number of anilines is 1. The number of nitrogens with one attached hydrogen (secondary N) is 1. The summed E-state index contributed by atoms with van der Waals surface area (Å²) in [5, 5.41) is 12.6. The number of esters is 1. The lowest BCUT2D eigenvalue weighted by Crippen LogP contribution is -2.19. The Bertz CT molecular complexity index is 1360. The summed E-state index contributed by atoms with van der Waals surface area (Å²) in [7, 11) is 0. The SMILES string of the molecule is CCOC(=O)c1ccc(-c2ccc(/C=C(\C#N)C(=O)Nc3sc4c(c3C(N)=O)CCCC4)o2)cc1. The normalized spacial score (nSPS) is 13.0. The second-order valence-electron chi connectivity index (χ2n) is 7.90. The first-order valence-electron chi connectivity index (χ1n) is 11.2. The summed E-state index contributed by atoms with van der Waals surface area (Å²) in [6.45, 7) is 2.03. The van der Waals surface area contributed by atoms with Crippen molar-refractivity contribution in [2.45, 2.75) is 32.6 Å². The molecule has 0 aliphatic heterocycles. The Morgan fingerprint density at radius 2 is 1.91 bits per heavy atom. The molecule has 3 N–H and O–H groups in total. The van der Waals surface area contributed by atoms with Gasteiger partial charge in [-0.15, -0.1) is 11.3 Å². The first-order valence-corrected chi connectivity index (χ1v) is 12.0. The van der Waals surface area contributed by atoms with Crippen LogP contribution in [0, 0.1) is 11.3 Å². The van der Waals surface area contributed by atoms with Crippen LogP contribution in [-0.2, 0) is 22.4 Å². The minimum absolute atomic E-state index is 0.176.